The van der Waals surface area contributed by atoms with Gasteiger partial charge < -0.3 is 23.5 Å². The predicted octanol–water partition coefficient (Wildman–Crippen LogP) is 6.46. The lowest BCUT2D eigenvalue weighted by molar-refractivity contribution is -0.204. The van der Waals surface area contributed by atoms with Crippen LogP contribution in [0.15, 0.2) is 122 Å². The van der Waals surface area contributed by atoms with E-state index in [-0.39, 0.29) is 18.3 Å². The summed E-state index contributed by atoms with van der Waals surface area (Å²) in [4.78, 5) is 4.60. The van der Waals surface area contributed by atoms with Gasteiger partial charge in [0.15, 0.2) is 12.0 Å². The highest BCUT2D eigenvalue weighted by Gasteiger charge is 2.56. The molecule has 4 aromatic carbocycles. The van der Waals surface area contributed by atoms with E-state index >= 15 is 0 Å². The Kier molecular flexibility index (Phi) is 6.28. The molecule has 0 aliphatic carbocycles. The van der Waals surface area contributed by atoms with Crippen molar-refractivity contribution in [1.29, 1.82) is 0 Å². The normalized spacial score (nSPS) is 23.9. The fourth-order valence-electron chi connectivity index (χ4n) is 6.17. The lowest BCUT2D eigenvalue weighted by atomic mass is 9.80. The molecule has 0 amide bonds. The van der Waals surface area contributed by atoms with Crippen LogP contribution in [0, 0.1) is 0 Å². The minimum Gasteiger partial charge on any atom is -0.358 e. The highest BCUT2D eigenvalue weighted by Crippen LogP contribution is 2.46. The molecule has 3 heterocycles. The third-order valence-electron chi connectivity index (χ3n) is 7.89. The van der Waals surface area contributed by atoms with E-state index in [2.05, 4.69) is 88.4 Å². The quantitative estimate of drug-likeness (QED) is 0.225. The fraction of sp³-hybridized carbons (Fsp3) is 0.265. The molecule has 0 bridgehead atoms. The van der Waals surface area contributed by atoms with Crippen molar-refractivity contribution in [1.82, 2.24) is 9.55 Å². The van der Waals surface area contributed by atoms with Crippen LogP contribution < -0.4 is 0 Å². The van der Waals surface area contributed by atoms with Crippen molar-refractivity contribution >= 4 is 11.0 Å². The van der Waals surface area contributed by atoms with Crippen LogP contribution in [0.3, 0.4) is 0 Å². The minimum absolute atomic E-state index is 0.294. The summed E-state index contributed by atoms with van der Waals surface area (Å²) in [6.07, 6.45) is 0.453. The van der Waals surface area contributed by atoms with E-state index in [1.165, 1.54) is 0 Å². The molecule has 4 atom stereocenters. The molecule has 202 valence electrons. The smallest absolute Gasteiger partial charge is 0.165 e. The topological polar surface area (TPSA) is 54.7 Å². The highest BCUT2D eigenvalue weighted by atomic mass is 16.8. The molecule has 2 fully saturated rings. The number of imidazole rings is 1. The summed E-state index contributed by atoms with van der Waals surface area (Å²) < 4.78 is 28.8. The van der Waals surface area contributed by atoms with E-state index in [9.17, 15) is 0 Å². The molecule has 0 radical (unpaired) electrons. The summed E-state index contributed by atoms with van der Waals surface area (Å²) in [5.41, 5.74) is 4.19. The molecule has 5 aromatic rings. The lowest BCUT2D eigenvalue weighted by Crippen LogP contribution is -2.39. The molecule has 6 nitrogen and oxygen atoms in total. The van der Waals surface area contributed by atoms with E-state index in [1.54, 1.807) is 0 Å². The zero-order valence-electron chi connectivity index (χ0n) is 22.6. The molecule has 40 heavy (non-hydrogen) atoms. The zero-order chi connectivity index (χ0) is 27.2. The fourth-order valence-corrected chi connectivity index (χ4v) is 6.17. The van der Waals surface area contributed by atoms with Gasteiger partial charge in [-0.2, -0.15) is 0 Å². The molecular formula is C34H32N2O4. The maximum absolute atomic E-state index is 7.12. The van der Waals surface area contributed by atoms with Gasteiger partial charge >= 0.3 is 0 Å². The number of ether oxygens (including phenoxy) is 4. The predicted molar refractivity (Wildman–Crippen MR) is 153 cm³/mol. The molecule has 0 unspecified atom stereocenters. The molecule has 0 saturated carbocycles. The molecule has 2 aliphatic heterocycles. The Morgan fingerprint density at radius 1 is 0.725 bits per heavy atom. The van der Waals surface area contributed by atoms with E-state index in [1.807, 2.05) is 56.6 Å². The molecular weight excluding hydrogens is 500 g/mol. The van der Waals surface area contributed by atoms with Crippen LogP contribution in [0.2, 0.25) is 0 Å². The van der Waals surface area contributed by atoms with Crippen LogP contribution in [-0.4, -0.2) is 40.3 Å². The molecule has 0 spiro atoms. The van der Waals surface area contributed by atoms with Gasteiger partial charge in [-0.05, 0) is 42.7 Å². The van der Waals surface area contributed by atoms with Gasteiger partial charge in [0.1, 0.15) is 23.9 Å². The number of benzene rings is 4. The lowest BCUT2D eigenvalue weighted by Gasteiger charge is -2.37. The Balaban J connectivity index is 1.28. The molecule has 7 rings (SSSR count). The Morgan fingerprint density at radius 2 is 1.25 bits per heavy atom. The van der Waals surface area contributed by atoms with Gasteiger partial charge in [-0.3, -0.25) is 0 Å². The van der Waals surface area contributed by atoms with E-state index in [0.29, 0.717) is 6.61 Å². The van der Waals surface area contributed by atoms with Gasteiger partial charge in [-0.25, -0.2) is 4.98 Å². The number of hydrogen-bond acceptors (Lipinski definition) is 5. The van der Waals surface area contributed by atoms with E-state index in [0.717, 1.165) is 27.7 Å². The number of para-hydroxylation sites is 2. The first-order chi connectivity index (χ1) is 19.6. The van der Waals surface area contributed by atoms with Crippen LogP contribution in [0.1, 0.15) is 36.8 Å². The van der Waals surface area contributed by atoms with Crippen LogP contribution in [0.4, 0.5) is 0 Å². The van der Waals surface area contributed by atoms with Crippen LogP contribution >= 0.6 is 0 Å². The molecule has 2 saturated heterocycles. The van der Waals surface area contributed by atoms with Crippen molar-refractivity contribution in [3.05, 3.63) is 138 Å². The summed E-state index contributed by atoms with van der Waals surface area (Å²) in [6.45, 7) is 4.20. The second kappa shape index (κ2) is 9.98. The van der Waals surface area contributed by atoms with Crippen LogP contribution in [-0.2, 0) is 24.5 Å². The van der Waals surface area contributed by atoms with Crippen molar-refractivity contribution in [3.8, 4) is 0 Å². The number of hydrogen-bond donors (Lipinski definition) is 0. The third kappa shape index (κ3) is 4.25. The monoisotopic (exact) mass is 532 g/mol. The first-order valence-corrected chi connectivity index (χ1v) is 13.8. The van der Waals surface area contributed by atoms with E-state index < -0.39 is 17.6 Å². The number of fused-ring (bicyclic) bond motifs is 2. The third-order valence-corrected chi connectivity index (χ3v) is 7.89. The second-order valence-electron chi connectivity index (χ2n) is 10.9. The first kappa shape index (κ1) is 25.2. The molecule has 6 heteroatoms. The van der Waals surface area contributed by atoms with Gasteiger partial charge in [0.05, 0.1) is 24.0 Å². The molecule has 1 aromatic heterocycles. The summed E-state index contributed by atoms with van der Waals surface area (Å²) in [6, 6.07) is 39.2. The van der Waals surface area contributed by atoms with Gasteiger partial charge in [-0.15, -0.1) is 0 Å². The number of aromatic nitrogens is 2. The maximum Gasteiger partial charge on any atom is 0.165 e. The summed E-state index contributed by atoms with van der Waals surface area (Å²) in [5, 5.41) is 0. The Bertz CT molecular complexity index is 1490. The summed E-state index contributed by atoms with van der Waals surface area (Å²) in [7, 11) is 0. The zero-order valence-corrected chi connectivity index (χ0v) is 22.6. The summed E-state index contributed by atoms with van der Waals surface area (Å²) in [5.74, 6) is -0.735. The highest BCUT2D eigenvalue weighted by molar-refractivity contribution is 5.75. The first-order valence-electron chi connectivity index (χ1n) is 13.8. The van der Waals surface area contributed by atoms with Crippen molar-refractivity contribution in [2.45, 2.75) is 49.8 Å². The average Bonchev–Trinajstić information content (AvgIpc) is 3.66. The number of nitrogens with zero attached hydrogens (tertiary/aromatic N) is 2. The van der Waals surface area contributed by atoms with Gasteiger partial charge in [0.25, 0.3) is 0 Å². The van der Waals surface area contributed by atoms with Crippen LogP contribution in [0.5, 0.6) is 0 Å². The average molecular weight is 533 g/mol. The number of rotatable bonds is 7. The Hall–Kier alpha value is -3.81. The largest absolute Gasteiger partial charge is 0.358 e. The van der Waals surface area contributed by atoms with Crippen molar-refractivity contribution in [2.75, 3.05) is 6.61 Å². The second-order valence-corrected chi connectivity index (χ2v) is 10.9. The van der Waals surface area contributed by atoms with Crippen molar-refractivity contribution < 1.29 is 18.9 Å². The maximum atomic E-state index is 7.12. The Morgan fingerprint density at radius 3 is 1.85 bits per heavy atom. The van der Waals surface area contributed by atoms with Crippen LogP contribution in [0.25, 0.3) is 11.0 Å². The molecule has 2 aliphatic rings. The Labute approximate surface area is 234 Å². The van der Waals surface area contributed by atoms with Gasteiger partial charge in [-0.1, -0.05) is 103 Å². The van der Waals surface area contributed by atoms with Gasteiger partial charge in [0, 0.05) is 0 Å². The SMILES string of the molecule is CC1(C)O[C@@H]2[C@H](O1)[C@@H](COC(c1ccccc1)(c1ccccc1)c1ccccc1)O[C@H]2n1cnc2ccccc21. The standard InChI is InChI=1S/C34H32N2O4/c1-33(2)39-30-29(38-32(31(30)40-33)36-23-35-27-20-12-13-21-28(27)36)22-37-34(24-14-6-3-7-15-24,25-16-8-4-9-17-25)26-18-10-5-11-19-26/h3-21,23,29-32H,22H2,1-2H3/t29-,30-,31-,32-/m1/s1. The van der Waals surface area contributed by atoms with Crippen molar-refractivity contribution in [2.24, 2.45) is 0 Å². The summed E-state index contributed by atoms with van der Waals surface area (Å²) >= 11 is 0. The minimum atomic E-state index is -0.850. The van der Waals surface area contributed by atoms with E-state index in [4.69, 9.17) is 18.9 Å². The van der Waals surface area contributed by atoms with Crippen molar-refractivity contribution in [3.63, 3.8) is 0 Å². The molecule has 0 N–H and O–H groups in total. The van der Waals surface area contributed by atoms with Gasteiger partial charge in [0.2, 0.25) is 0 Å².